The number of hydrogen-bond donors (Lipinski definition) is 1. The number of benzene rings is 1. The van der Waals surface area contributed by atoms with Crippen molar-refractivity contribution >= 4 is 11.8 Å². The van der Waals surface area contributed by atoms with Crippen molar-refractivity contribution in [3.05, 3.63) is 35.6 Å². The van der Waals surface area contributed by atoms with Crippen molar-refractivity contribution in [2.45, 2.75) is 19.3 Å². The number of likely N-dealkylation sites (N-methyl/N-ethyl adjacent to an activating group) is 1. The molecule has 0 aliphatic carbocycles. The first kappa shape index (κ1) is 18.4. The lowest BCUT2D eigenvalue weighted by Crippen LogP contribution is -2.41. The Morgan fingerprint density at radius 2 is 2.00 bits per heavy atom. The first-order valence-electron chi connectivity index (χ1n) is 8.42. The monoisotopic (exact) mass is 335 g/mol. The highest BCUT2D eigenvalue weighted by Gasteiger charge is 2.26. The fraction of sp³-hybridized carbons (Fsp3) is 0.556. The Bertz CT molecular complexity index is 560. The van der Waals surface area contributed by atoms with E-state index in [9.17, 15) is 14.0 Å². The average molecular weight is 335 g/mol. The van der Waals surface area contributed by atoms with Crippen molar-refractivity contribution in [2.24, 2.45) is 5.92 Å². The minimum absolute atomic E-state index is 0.0398. The number of nitrogens with one attached hydrogen (secondary N) is 1. The van der Waals surface area contributed by atoms with Gasteiger partial charge in [0.15, 0.2) is 0 Å². The first-order valence-corrected chi connectivity index (χ1v) is 8.42. The molecule has 1 saturated heterocycles. The lowest BCUT2D eigenvalue weighted by molar-refractivity contribution is -0.122. The molecule has 1 aromatic carbocycles. The van der Waals surface area contributed by atoms with Gasteiger partial charge in [0, 0.05) is 38.2 Å². The number of amides is 2. The lowest BCUT2D eigenvalue weighted by atomic mass is 9.94. The van der Waals surface area contributed by atoms with E-state index in [-0.39, 0.29) is 23.5 Å². The van der Waals surface area contributed by atoms with Gasteiger partial charge in [0.05, 0.1) is 0 Å². The Labute approximate surface area is 142 Å². The molecule has 1 aromatic rings. The van der Waals surface area contributed by atoms with Gasteiger partial charge in [-0.15, -0.1) is 0 Å². The third kappa shape index (κ3) is 5.60. The number of rotatable bonds is 6. The summed E-state index contributed by atoms with van der Waals surface area (Å²) in [6.45, 7) is 2.72. The SMILES string of the molecule is CN(C)CCNC(=O)CC1CCCN(C(=O)c2ccc(F)cc2)C1. The van der Waals surface area contributed by atoms with Crippen LogP contribution in [0.15, 0.2) is 24.3 Å². The van der Waals surface area contributed by atoms with Crippen LogP contribution in [-0.4, -0.2) is 61.9 Å². The molecule has 1 aliphatic heterocycles. The van der Waals surface area contributed by atoms with Gasteiger partial charge in [-0.25, -0.2) is 4.39 Å². The summed E-state index contributed by atoms with van der Waals surface area (Å²) in [6.07, 6.45) is 2.29. The number of halogens is 1. The topological polar surface area (TPSA) is 52.7 Å². The van der Waals surface area contributed by atoms with Crippen LogP contribution in [0, 0.1) is 11.7 Å². The standard InChI is InChI=1S/C18H26FN3O2/c1-21(2)11-9-20-17(23)12-14-4-3-10-22(13-14)18(24)15-5-7-16(19)8-6-15/h5-8,14H,3-4,9-13H2,1-2H3,(H,20,23). The van der Waals surface area contributed by atoms with Crippen LogP contribution in [0.3, 0.4) is 0 Å². The van der Waals surface area contributed by atoms with Crippen LogP contribution in [0.2, 0.25) is 0 Å². The van der Waals surface area contributed by atoms with Crippen LogP contribution in [0.25, 0.3) is 0 Å². The summed E-state index contributed by atoms with van der Waals surface area (Å²) < 4.78 is 13.0. The molecule has 24 heavy (non-hydrogen) atoms. The normalized spacial score (nSPS) is 17.8. The van der Waals surface area contributed by atoms with E-state index < -0.39 is 0 Å². The molecule has 1 heterocycles. The smallest absolute Gasteiger partial charge is 0.253 e. The molecule has 0 saturated carbocycles. The van der Waals surface area contributed by atoms with E-state index in [2.05, 4.69) is 5.32 Å². The number of likely N-dealkylation sites (tertiary alicyclic amines) is 1. The summed E-state index contributed by atoms with van der Waals surface area (Å²) in [5, 5.41) is 2.92. The van der Waals surface area contributed by atoms with Crippen LogP contribution in [0.4, 0.5) is 4.39 Å². The molecule has 5 nitrogen and oxygen atoms in total. The highest BCUT2D eigenvalue weighted by molar-refractivity contribution is 5.94. The quantitative estimate of drug-likeness (QED) is 0.862. The molecule has 2 rings (SSSR count). The van der Waals surface area contributed by atoms with E-state index in [1.54, 1.807) is 4.90 Å². The second-order valence-corrected chi connectivity index (χ2v) is 6.62. The van der Waals surface area contributed by atoms with Crippen LogP contribution < -0.4 is 5.32 Å². The molecule has 0 aromatic heterocycles. The Morgan fingerprint density at radius 1 is 1.29 bits per heavy atom. The molecule has 1 aliphatic rings. The Hall–Kier alpha value is -1.95. The van der Waals surface area contributed by atoms with Crippen LogP contribution in [0.5, 0.6) is 0 Å². The van der Waals surface area contributed by atoms with Crippen molar-refractivity contribution in [3.8, 4) is 0 Å². The third-order valence-corrected chi connectivity index (χ3v) is 4.25. The molecule has 0 bridgehead atoms. The van der Waals surface area contributed by atoms with E-state index in [1.165, 1.54) is 24.3 Å². The highest BCUT2D eigenvalue weighted by atomic mass is 19.1. The summed E-state index contributed by atoms with van der Waals surface area (Å²) in [5.41, 5.74) is 0.493. The van der Waals surface area contributed by atoms with E-state index in [0.29, 0.717) is 31.6 Å². The van der Waals surface area contributed by atoms with Crippen LogP contribution in [-0.2, 0) is 4.79 Å². The average Bonchev–Trinajstić information content (AvgIpc) is 2.55. The van der Waals surface area contributed by atoms with Crippen molar-refractivity contribution < 1.29 is 14.0 Å². The second kappa shape index (κ2) is 8.78. The fourth-order valence-corrected chi connectivity index (χ4v) is 2.94. The van der Waals surface area contributed by atoms with Crippen molar-refractivity contribution in [1.29, 1.82) is 0 Å². The van der Waals surface area contributed by atoms with E-state index in [1.807, 2.05) is 19.0 Å². The number of nitrogens with zero attached hydrogens (tertiary/aromatic N) is 2. The minimum atomic E-state index is -0.350. The van der Waals surface area contributed by atoms with E-state index >= 15 is 0 Å². The van der Waals surface area contributed by atoms with Gasteiger partial charge in [-0.2, -0.15) is 0 Å². The maximum absolute atomic E-state index is 13.0. The molecule has 0 spiro atoms. The minimum Gasteiger partial charge on any atom is -0.355 e. The molecule has 1 unspecified atom stereocenters. The number of piperidine rings is 1. The molecule has 1 N–H and O–H groups in total. The van der Waals surface area contributed by atoms with Gasteiger partial charge < -0.3 is 15.1 Å². The molecule has 1 atom stereocenters. The number of carbonyl (C=O) groups is 2. The van der Waals surface area contributed by atoms with E-state index in [0.717, 1.165) is 19.4 Å². The maximum Gasteiger partial charge on any atom is 0.253 e. The summed E-state index contributed by atoms with van der Waals surface area (Å²) >= 11 is 0. The van der Waals surface area contributed by atoms with Gasteiger partial charge in [0.1, 0.15) is 5.82 Å². The van der Waals surface area contributed by atoms with Gasteiger partial charge in [0.2, 0.25) is 5.91 Å². The molecule has 2 amide bonds. The first-order chi connectivity index (χ1) is 11.5. The Morgan fingerprint density at radius 3 is 2.67 bits per heavy atom. The molecule has 6 heteroatoms. The predicted octanol–water partition coefficient (Wildman–Crippen LogP) is 1.75. The molecule has 1 fully saturated rings. The Balaban J connectivity index is 1.83. The number of carbonyl (C=O) groups excluding carboxylic acids is 2. The van der Waals surface area contributed by atoms with Gasteiger partial charge in [-0.1, -0.05) is 0 Å². The zero-order valence-corrected chi connectivity index (χ0v) is 14.4. The van der Waals surface area contributed by atoms with Crippen LogP contribution >= 0.6 is 0 Å². The van der Waals surface area contributed by atoms with Gasteiger partial charge in [0.25, 0.3) is 5.91 Å². The maximum atomic E-state index is 13.0. The summed E-state index contributed by atoms with van der Waals surface area (Å²) in [7, 11) is 3.93. The van der Waals surface area contributed by atoms with Crippen molar-refractivity contribution in [3.63, 3.8) is 0 Å². The van der Waals surface area contributed by atoms with Crippen LogP contribution in [0.1, 0.15) is 29.6 Å². The van der Waals surface area contributed by atoms with E-state index in [4.69, 9.17) is 0 Å². The largest absolute Gasteiger partial charge is 0.355 e. The predicted molar refractivity (Wildman–Crippen MR) is 91.2 cm³/mol. The zero-order chi connectivity index (χ0) is 17.5. The highest BCUT2D eigenvalue weighted by Crippen LogP contribution is 2.21. The second-order valence-electron chi connectivity index (χ2n) is 6.62. The summed E-state index contributed by atoms with van der Waals surface area (Å²) in [4.78, 5) is 28.3. The van der Waals surface area contributed by atoms with Gasteiger partial charge >= 0.3 is 0 Å². The third-order valence-electron chi connectivity index (χ3n) is 4.25. The Kier molecular flexibility index (Phi) is 6.73. The summed E-state index contributed by atoms with van der Waals surface area (Å²) in [6, 6.07) is 5.62. The van der Waals surface area contributed by atoms with Gasteiger partial charge in [-0.3, -0.25) is 9.59 Å². The molecular formula is C18H26FN3O2. The fourth-order valence-electron chi connectivity index (χ4n) is 2.94. The van der Waals surface area contributed by atoms with Crippen molar-refractivity contribution in [2.75, 3.05) is 40.3 Å². The molecule has 0 radical (unpaired) electrons. The zero-order valence-electron chi connectivity index (χ0n) is 14.4. The molecule has 132 valence electrons. The summed E-state index contributed by atoms with van der Waals surface area (Å²) in [5.74, 6) is -0.217. The van der Waals surface area contributed by atoms with Crippen molar-refractivity contribution in [1.82, 2.24) is 15.1 Å². The van der Waals surface area contributed by atoms with Gasteiger partial charge in [-0.05, 0) is 57.1 Å². The lowest BCUT2D eigenvalue weighted by Gasteiger charge is -2.32. The number of hydrogen-bond acceptors (Lipinski definition) is 3. The molecular weight excluding hydrogens is 309 g/mol.